The summed E-state index contributed by atoms with van der Waals surface area (Å²) in [6, 6.07) is 0. The van der Waals surface area contributed by atoms with Crippen molar-refractivity contribution in [2.45, 2.75) is 139 Å². The van der Waals surface area contributed by atoms with E-state index in [-0.39, 0.29) is 29.5 Å². The number of rotatable bonds is 7. The Bertz CT molecular complexity index is 702. The van der Waals surface area contributed by atoms with E-state index < -0.39 is 0 Å². The Balaban J connectivity index is 1.33. The number of hydrogen-bond acceptors (Lipinski definition) is 5. The second kappa shape index (κ2) is 10.5. The molecule has 6 aliphatic rings. The number of nitrogens with two attached hydrogens (primary N) is 2. The van der Waals surface area contributed by atoms with Crippen LogP contribution in [0.3, 0.4) is 0 Å². The minimum absolute atomic E-state index is 0.0939. The maximum Gasteiger partial charge on any atom is 0.0735 e. The molecule has 3 aliphatic carbocycles. The van der Waals surface area contributed by atoms with Crippen LogP contribution in [0.25, 0.3) is 0 Å². The number of piperidine rings is 1. The van der Waals surface area contributed by atoms with Crippen LogP contribution >= 0.6 is 0 Å². The second-order valence-corrected chi connectivity index (χ2v) is 14.2. The highest BCUT2D eigenvalue weighted by molar-refractivity contribution is 5.15. The lowest BCUT2D eigenvalue weighted by molar-refractivity contribution is -0.288. The molecule has 5 nitrogen and oxygen atoms in total. The Labute approximate surface area is 214 Å². The fourth-order valence-corrected chi connectivity index (χ4v) is 9.89. The zero-order valence-corrected chi connectivity index (χ0v) is 22.8. The van der Waals surface area contributed by atoms with Gasteiger partial charge in [-0.15, -0.1) is 0 Å². The van der Waals surface area contributed by atoms with Gasteiger partial charge in [0, 0.05) is 18.1 Å². The normalized spacial score (nSPS) is 46.5. The van der Waals surface area contributed by atoms with Crippen molar-refractivity contribution in [3.05, 3.63) is 0 Å². The van der Waals surface area contributed by atoms with E-state index in [9.17, 15) is 5.11 Å². The second-order valence-electron chi connectivity index (χ2n) is 14.2. The first-order chi connectivity index (χ1) is 16.7. The molecule has 3 saturated heterocycles. The molecule has 0 amide bonds. The van der Waals surface area contributed by atoms with Gasteiger partial charge in [-0.05, 0) is 121 Å². The molecule has 3 saturated carbocycles. The molecule has 0 aromatic heterocycles. The van der Waals surface area contributed by atoms with Crippen LogP contribution < -0.4 is 16.8 Å². The van der Waals surface area contributed by atoms with Crippen LogP contribution in [0.1, 0.15) is 117 Å². The molecule has 35 heavy (non-hydrogen) atoms. The van der Waals surface area contributed by atoms with Gasteiger partial charge in [0.05, 0.1) is 17.4 Å². The summed E-state index contributed by atoms with van der Waals surface area (Å²) in [5, 5.41) is 13.4. The van der Waals surface area contributed by atoms with Gasteiger partial charge in [-0.2, -0.15) is 0 Å². The summed E-state index contributed by atoms with van der Waals surface area (Å²) in [4.78, 5) is 0. The number of nitrogens with one attached hydrogen (secondary N) is 1. The van der Waals surface area contributed by atoms with E-state index >= 15 is 0 Å². The van der Waals surface area contributed by atoms with Crippen molar-refractivity contribution in [3.8, 4) is 0 Å². The molecule has 0 radical (unpaired) electrons. The Hall–Kier alpha value is -0.200. The Morgan fingerprint density at radius 3 is 2.37 bits per heavy atom. The van der Waals surface area contributed by atoms with E-state index in [0.717, 1.165) is 55.9 Å². The first-order valence-electron chi connectivity index (χ1n) is 15.3. The molecular weight excluding hydrogens is 434 g/mol. The molecule has 8 unspecified atom stereocenters. The van der Waals surface area contributed by atoms with Crippen LogP contribution in [0, 0.1) is 35.5 Å². The van der Waals surface area contributed by atoms with Crippen LogP contribution in [0.2, 0.25) is 0 Å². The fraction of sp³-hybridized carbons (Fsp3) is 1.00. The Kier molecular flexibility index (Phi) is 7.94. The van der Waals surface area contributed by atoms with E-state index in [1.54, 1.807) is 0 Å². The molecule has 3 aliphatic heterocycles. The van der Waals surface area contributed by atoms with Gasteiger partial charge >= 0.3 is 0 Å². The number of ether oxygens (including phenoxy) is 1. The topological polar surface area (TPSA) is 93.5 Å². The van der Waals surface area contributed by atoms with Crippen LogP contribution in [-0.4, -0.2) is 41.2 Å². The molecule has 6 fully saturated rings. The summed E-state index contributed by atoms with van der Waals surface area (Å²) in [5.41, 5.74) is 12.7. The van der Waals surface area contributed by atoms with Gasteiger partial charge in [0.15, 0.2) is 0 Å². The minimum Gasteiger partial charge on any atom is -0.396 e. The lowest BCUT2D eigenvalue weighted by Crippen LogP contribution is -2.72. The highest BCUT2D eigenvalue weighted by Gasteiger charge is 2.63. The van der Waals surface area contributed by atoms with Gasteiger partial charge in [0.1, 0.15) is 0 Å². The van der Waals surface area contributed by atoms with Crippen molar-refractivity contribution in [2.24, 2.45) is 47.0 Å². The maximum absolute atomic E-state index is 9.87. The molecule has 202 valence electrons. The SMILES string of the molecule is CC1(C)OC2(C3CCC(CC4CCCCC4)C(CC4CCC(N)NC4)C3)CCC1C(N)(CCO)C2. The molecule has 2 bridgehead atoms. The fourth-order valence-electron chi connectivity index (χ4n) is 9.89. The van der Waals surface area contributed by atoms with Crippen molar-refractivity contribution in [1.82, 2.24) is 5.32 Å². The zero-order chi connectivity index (χ0) is 24.7. The van der Waals surface area contributed by atoms with Crippen LogP contribution in [0.5, 0.6) is 0 Å². The van der Waals surface area contributed by atoms with Gasteiger partial charge in [-0.1, -0.05) is 32.1 Å². The average Bonchev–Trinajstić information content (AvgIpc) is 2.81. The molecule has 6 rings (SSSR count). The summed E-state index contributed by atoms with van der Waals surface area (Å²) in [6.07, 6.45) is 20.7. The van der Waals surface area contributed by atoms with Crippen molar-refractivity contribution >= 4 is 0 Å². The van der Waals surface area contributed by atoms with Gasteiger partial charge in [-0.3, -0.25) is 0 Å². The van der Waals surface area contributed by atoms with Gasteiger partial charge in [0.2, 0.25) is 0 Å². The van der Waals surface area contributed by atoms with E-state index in [1.165, 1.54) is 70.6 Å². The predicted octanol–water partition coefficient (Wildman–Crippen LogP) is 5.09. The van der Waals surface area contributed by atoms with Crippen LogP contribution in [-0.2, 0) is 4.74 Å². The monoisotopic (exact) mass is 489 g/mol. The number of aliphatic hydroxyl groups excluding tert-OH is 1. The third kappa shape index (κ3) is 5.50. The lowest BCUT2D eigenvalue weighted by Gasteiger charge is -2.65. The number of hydrogen-bond donors (Lipinski definition) is 4. The number of aliphatic hydroxyl groups is 1. The summed E-state index contributed by atoms with van der Waals surface area (Å²) in [7, 11) is 0. The lowest BCUT2D eigenvalue weighted by atomic mass is 9.52. The quantitative estimate of drug-likeness (QED) is 0.400. The minimum atomic E-state index is -0.285. The van der Waals surface area contributed by atoms with Gasteiger partial charge in [0.25, 0.3) is 0 Å². The smallest absolute Gasteiger partial charge is 0.0735 e. The zero-order valence-electron chi connectivity index (χ0n) is 22.8. The molecule has 0 aromatic carbocycles. The van der Waals surface area contributed by atoms with Crippen molar-refractivity contribution < 1.29 is 9.84 Å². The summed E-state index contributed by atoms with van der Waals surface area (Å²) in [6.45, 7) is 5.82. The standard InChI is InChI=1S/C30H55N3O2/c1-28(2)26-12-13-30(35-28,20-29(26,32)14-15-34)25-10-9-23(16-21-6-4-3-5-7-21)24(18-25)17-22-8-11-27(31)33-19-22/h21-27,33-34H,3-20,31-32H2,1-2H3. The van der Waals surface area contributed by atoms with Crippen molar-refractivity contribution in [2.75, 3.05) is 13.2 Å². The van der Waals surface area contributed by atoms with Gasteiger partial charge in [-0.25, -0.2) is 0 Å². The maximum atomic E-state index is 9.87. The van der Waals surface area contributed by atoms with Crippen molar-refractivity contribution in [3.63, 3.8) is 0 Å². The average molecular weight is 490 g/mol. The van der Waals surface area contributed by atoms with Crippen LogP contribution in [0.4, 0.5) is 0 Å². The third-order valence-corrected chi connectivity index (χ3v) is 11.5. The van der Waals surface area contributed by atoms with E-state index in [2.05, 4.69) is 19.2 Å². The largest absolute Gasteiger partial charge is 0.396 e. The molecule has 0 spiro atoms. The Morgan fingerprint density at radius 2 is 1.69 bits per heavy atom. The highest BCUT2D eigenvalue weighted by Crippen LogP contribution is 2.60. The third-order valence-electron chi connectivity index (χ3n) is 11.5. The van der Waals surface area contributed by atoms with Crippen molar-refractivity contribution in [1.29, 1.82) is 0 Å². The summed E-state index contributed by atoms with van der Waals surface area (Å²) < 4.78 is 7.09. The molecule has 0 aromatic rings. The highest BCUT2D eigenvalue weighted by atomic mass is 16.5. The van der Waals surface area contributed by atoms with E-state index in [1.807, 2.05) is 0 Å². The molecule has 3 heterocycles. The predicted molar refractivity (Wildman–Crippen MR) is 143 cm³/mol. The Morgan fingerprint density at radius 1 is 0.914 bits per heavy atom. The van der Waals surface area contributed by atoms with Gasteiger partial charge < -0.3 is 26.6 Å². The van der Waals surface area contributed by atoms with E-state index in [0.29, 0.717) is 18.3 Å². The first-order valence-corrected chi connectivity index (χ1v) is 15.3. The van der Waals surface area contributed by atoms with Crippen LogP contribution in [0.15, 0.2) is 0 Å². The number of fused-ring (bicyclic) bond motifs is 3. The summed E-state index contributed by atoms with van der Waals surface area (Å²) >= 11 is 0. The molecular formula is C30H55N3O2. The first kappa shape index (κ1) is 26.4. The van der Waals surface area contributed by atoms with E-state index in [4.69, 9.17) is 16.2 Å². The summed E-state index contributed by atoms with van der Waals surface area (Å²) in [5.74, 6) is 4.38. The molecule has 5 heteroatoms. The molecule has 6 N–H and O–H groups in total. The molecule has 8 atom stereocenters.